The Balaban J connectivity index is 1.43. The second-order valence-electron chi connectivity index (χ2n) is 7.57. The van der Waals surface area contributed by atoms with Gasteiger partial charge >= 0.3 is 0 Å². The molecule has 2 aromatic carbocycles. The first-order chi connectivity index (χ1) is 14.6. The zero-order chi connectivity index (χ0) is 21.0. The average molecular weight is 413 g/mol. The van der Waals surface area contributed by atoms with Gasteiger partial charge in [-0.1, -0.05) is 24.3 Å². The lowest BCUT2D eigenvalue weighted by atomic mass is 9.73. The van der Waals surface area contributed by atoms with Crippen LogP contribution < -0.4 is 19.5 Å². The molecule has 1 amide bonds. The lowest BCUT2D eigenvalue weighted by Crippen LogP contribution is -2.48. The predicted octanol–water partition coefficient (Wildman–Crippen LogP) is 2.71. The van der Waals surface area contributed by atoms with Crippen molar-refractivity contribution in [1.29, 1.82) is 0 Å². The van der Waals surface area contributed by atoms with Gasteiger partial charge in [-0.15, -0.1) is 0 Å². The fourth-order valence-electron chi connectivity index (χ4n) is 4.16. The summed E-state index contributed by atoms with van der Waals surface area (Å²) in [5.41, 5.74) is 0.915. The number of aliphatic hydroxyl groups is 1. The lowest BCUT2D eigenvalue weighted by molar-refractivity contribution is -0.130. The number of methoxy groups -OCH3 is 1. The average Bonchev–Trinajstić information content (AvgIpc) is 3.27. The van der Waals surface area contributed by atoms with Gasteiger partial charge in [0.1, 0.15) is 5.75 Å². The van der Waals surface area contributed by atoms with E-state index in [2.05, 4.69) is 5.32 Å². The Morgan fingerprint density at radius 1 is 1.17 bits per heavy atom. The van der Waals surface area contributed by atoms with Crippen LogP contribution in [0.4, 0.5) is 0 Å². The number of para-hydroxylation sites is 1. The van der Waals surface area contributed by atoms with E-state index in [-0.39, 0.29) is 12.7 Å². The monoisotopic (exact) mass is 413 g/mol. The molecule has 160 valence electrons. The molecule has 7 heteroatoms. The largest absolute Gasteiger partial charge is 0.496 e. The maximum Gasteiger partial charge on any atom is 0.231 e. The summed E-state index contributed by atoms with van der Waals surface area (Å²) < 4.78 is 21.7. The molecule has 0 radical (unpaired) electrons. The van der Waals surface area contributed by atoms with E-state index in [0.717, 1.165) is 11.1 Å². The van der Waals surface area contributed by atoms with Gasteiger partial charge in [-0.3, -0.25) is 4.79 Å². The van der Waals surface area contributed by atoms with Crippen LogP contribution in [-0.4, -0.2) is 44.7 Å². The third kappa shape index (κ3) is 3.95. The van der Waals surface area contributed by atoms with Gasteiger partial charge in [0.15, 0.2) is 11.5 Å². The molecule has 0 unspecified atom stereocenters. The van der Waals surface area contributed by atoms with Crippen LogP contribution in [0.2, 0.25) is 0 Å². The molecule has 7 nitrogen and oxygen atoms in total. The van der Waals surface area contributed by atoms with Gasteiger partial charge in [0.05, 0.1) is 18.6 Å². The summed E-state index contributed by atoms with van der Waals surface area (Å²) >= 11 is 0. The second-order valence-corrected chi connectivity index (χ2v) is 7.57. The Morgan fingerprint density at radius 2 is 1.93 bits per heavy atom. The van der Waals surface area contributed by atoms with Crippen molar-refractivity contribution in [2.24, 2.45) is 0 Å². The van der Waals surface area contributed by atoms with Gasteiger partial charge in [0.25, 0.3) is 0 Å². The number of carbonyl (C=O) groups is 1. The molecule has 4 rings (SSSR count). The fourth-order valence-corrected chi connectivity index (χ4v) is 4.16. The van der Waals surface area contributed by atoms with Crippen molar-refractivity contribution in [3.63, 3.8) is 0 Å². The Kier molecular flexibility index (Phi) is 6.11. The number of carbonyl (C=O) groups excluding carboxylic acids is 1. The van der Waals surface area contributed by atoms with Crippen LogP contribution in [0.1, 0.15) is 36.5 Å². The predicted molar refractivity (Wildman–Crippen MR) is 110 cm³/mol. The molecule has 2 aliphatic rings. The van der Waals surface area contributed by atoms with E-state index in [4.69, 9.17) is 18.9 Å². The number of fused-ring (bicyclic) bond motifs is 1. The molecular formula is C23H27NO6. The Bertz CT molecular complexity index is 893. The number of aliphatic hydroxyl groups excluding tert-OH is 1. The molecule has 0 spiro atoms. The quantitative estimate of drug-likeness (QED) is 0.726. The summed E-state index contributed by atoms with van der Waals surface area (Å²) in [4.78, 5) is 13.3. The number of nitrogens with one attached hydrogen (secondary N) is 1. The van der Waals surface area contributed by atoms with Crippen LogP contribution in [0.15, 0.2) is 42.5 Å². The molecule has 30 heavy (non-hydrogen) atoms. The minimum absolute atomic E-state index is 0.0619. The number of amides is 1. The van der Waals surface area contributed by atoms with Crippen molar-refractivity contribution in [2.45, 2.75) is 30.8 Å². The van der Waals surface area contributed by atoms with Gasteiger partial charge in [-0.2, -0.15) is 0 Å². The van der Waals surface area contributed by atoms with E-state index < -0.39 is 11.5 Å². The highest BCUT2D eigenvalue weighted by atomic mass is 16.7. The molecule has 2 aromatic rings. The highest BCUT2D eigenvalue weighted by molar-refractivity contribution is 5.89. The third-order valence-electron chi connectivity index (χ3n) is 5.89. The van der Waals surface area contributed by atoms with Crippen LogP contribution in [0.5, 0.6) is 17.2 Å². The van der Waals surface area contributed by atoms with Crippen molar-refractivity contribution in [3.05, 3.63) is 53.6 Å². The smallest absolute Gasteiger partial charge is 0.231 e. The first kappa shape index (κ1) is 20.5. The van der Waals surface area contributed by atoms with Crippen molar-refractivity contribution < 1.29 is 28.8 Å². The molecular weight excluding hydrogens is 386 g/mol. The van der Waals surface area contributed by atoms with E-state index in [1.165, 1.54) is 0 Å². The van der Waals surface area contributed by atoms with Crippen LogP contribution in [-0.2, 0) is 14.9 Å². The molecule has 0 saturated carbocycles. The van der Waals surface area contributed by atoms with Crippen molar-refractivity contribution in [2.75, 3.05) is 33.7 Å². The zero-order valence-corrected chi connectivity index (χ0v) is 17.1. The first-order valence-corrected chi connectivity index (χ1v) is 10.2. The summed E-state index contributed by atoms with van der Waals surface area (Å²) in [6, 6.07) is 13.0. The number of ether oxygens (including phenoxy) is 4. The molecule has 2 aliphatic heterocycles. The van der Waals surface area contributed by atoms with Gasteiger partial charge < -0.3 is 29.4 Å². The van der Waals surface area contributed by atoms with E-state index >= 15 is 0 Å². The highest BCUT2D eigenvalue weighted by Crippen LogP contribution is 2.40. The molecule has 2 N–H and O–H groups in total. The fraction of sp³-hybridized carbons (Fsp3) is 0.435. The minimum Gasteiger partial charge on any atom is -0.496 e. The first-order valence-electron chi connectivity index (χ1n) is 10.2. The normalized spacial score (nSPS) is 17.9. The Hall–Kier alpha value is -2.77. The van der Waals surface area contributed by atoms with Crippen molar-refractivity contribution in [1.82, 2.24) is 5.32 Å². The summed E-state index contributed by atoms with van der Waals surface area (Å²) in [6.45, 7) is 1.59. The van der Waals surface area contributed by atoms with Crippen LogP contribution in [0.3, 0.4) is 0 Å². The molecule has 1 atom stereocenters. The van der Waals surface area contributed by atoms with Gasteiger partial charge in [0.2, 0.25) is 12.7 Å². The van der Waals surface area contributed by atoms with E-state index in [1.807, 2.05) is 30.3 Å². The second kappa shape index (κ2) is 8.93. The Labute approximate surface area is 175 Å². The van der Waals surface area contributed by atoms with Crippen LogP contribution in [0, 0.1) is 0 Å². The van der Waals surface area contributed by atoms with E-state index in [1.54, 1.807) is 19.2 Å². The summed E-state index contributed by atoms with van der Waals surface area (Å²) in [5, 5.41) is 13.6. The number of benzene rings is 2. The number of hydrogen-bond acceptors (Lipinski definition) is 6. The molecule has 0 aliphatic carbocycles. The lowest BCUT2D eigenvalue weighted by Gasteiger charge is -2.37. The topological polar surface area (TPSA) is 86.3 Å². The van der Waals surface area contributed by atoms with E-state index in [9.17, 15) is 9.90 Å². The van der Waals surface area contributed by atoms with Gasteiger partial charge in [-0.05, 0) is 43.0 Å². The maximum atomic E-state index is 13.3. The summed E-state index contributed by atoms with van der Waals surface area (Å²) in [5.74, 6) is 1.95. The zero-order valence-electron chi connectivity index (χ0n) is 17.1. The Morgan fingerprint density at radius 3 is 2.73 bits per heavy atom. The van der Waals surface area contributed by atoms with Crippen LogP contribution >= 0.6 is 0 Å². The number of hydrogen-bond donors (Lipinski definition) is 2. The summed E-state index contributed by atoms with van der Waals surface area (Å²) in [6.07, 6.45) is 0.856. The molecule has 0 aromatic heterocycles. The maximum absolute atomic E-state index is 13.3. The highest BCUT2D eigenvalue weighted by Gasteiger charge is 2.43. The van der Waals surface area contributed by atoms with Crippen molar-refractivity contribution >= 4 is 5.91 Å². The van der Waals surface area contributed by atoms with Gasteiger partial charge in [0, 0.05) is 25.3 Å². The van der Waals surface area contributed by atoms with Gasteiger partial charge in [-0.25, -0.2) is 0 Å². The summed E-state index contributed by atoms with van der Waals surface area (Å²) in [7, 11) is 1.62. The van der Waals surface area contributed by atoms with E-state index in [0.29, 0.717) is 56.3 Å². The molecule has 0 bridgehead atoms. The molecule has 1 saturated heterocycles. The van der Waals surface area contributed by atoms with Crippen LogP contribution in [0.25, 0.3) is 0 Å². The van der Waals surface area contributed by atoms with Crippen molar-refractivity contribution in [3.8, 4) is 17.2 Å². The molecule has 1 fully saturated rings. The SMILES string of the molecule is COc1ccccc1C1(C(=O)NCC[C@@H](O)c2ccc3c(c2)OCO3)CCOCC1. The standard InChI is InChI=1S/C23H27NO6/c1-27-19-5-3-2-4-17(19)23(9-12-28-13-10-23)22(26)24-11-8-18(25)16-6-7-20-21(14-16)30-15-29-20/h2-7,14,18,25H,8-13,15H2,1H3,(H,24,26)/t18-/m1/s1. The molecule has 2 heterocycles. The minimum atomic E-state index is -0.711. The third-order valence-corrected chi connectivity index (χ3v) is 5.89. The number of rotatable bonds is 7.